The molecule has 3 N–H and O–H groups in total. The first kappa shape index (κ1) is 18.0. The molecule has 0 amide bonds. The lowest BCUT2D eigenvalue weighted by molar-refractivity contribution is 0.281. The van der Waals surface area contributed by atoms with Gasteiger partial charge in [-0.15, -0.1) is 0 Å². The van der Waals surface area contributed by atoms with Crippen LogP contribution in [-0.4, -0.2) is 14.7 Å². The molecule has 1 aromatic carbocycles. The van der Waals surface area contributed by atoms with Gasteiger partial charge >= 0.3 is 0 Å². The van der Waals surface area contributed by atoms with Gasteiger partial charge in [0.1, 0.15) is 6.07 Å². The Hall–Kier alpha value is -2.81. The van der Waals surface area contributed by atoms with Gasteiger partial charge in [-0.05, 0) is 43.2 Å². The molecular formula is C20H19ClN4O. The summed E-state index contributed by atoms with van der Waals surface area (Å²) >= 11 is 6.02. The van der Waals surface area contributed by atoms with E-state index in [0.29, 0.717) is 28.4 Å². The molecule has 0 unspecified atom stereocenters. The molecule has 0 radical (unpaired) electrons. The minimum Gasteiger partial charge on any atom is -0.399 e. The van der Waals surface area contributed by atoms with Gasteiger partial charge in [0.05, 0.1) is 29.4 Å². The number of aliphatic hydroxyl groups is 1. The van der Waals surface area contributed by atoms with Gasteiger partial charge in [-0.2, -0.15) is 5.26 Å². The lowest BCUT2D eigenvalue weighted by atomic mass is 10.0. The zero-order valence-electron chi connectivity index (χ0n) is 14.6. The zero-order chi connectivity index (χ0) is 18.8. The monoisotopic (exact) mass is 366 g/mol. The standard InChI is InChI=1S/C20H19ClN4O/c1-12-18(8-22)20(14-3-5-16(23)6-4-14)13(2)25(12)10-17-7-15(11-26)19(21)9-24-17/h3-7,9,26H,10-11,23H2,1-2H3. The number of benzene rings is 1. The number of rotatable bonds is 4. The summed E-state index contributed by atoms with van der Waals surface area (Å²) < 4.78 is 2.06. The SMILES string of the molecule is Cc1c(C#N)c(-c2ccc(N)cc2)c(C)n1Cc1cc(CO)c(Cl)cn1. The molecule has 0 fully saturated rings. The fourth-order valence-electron chi connectivity index (χ4n) is 3.16. The van der Waals surface area contributed by atoms with Gasteiger partial charge in [0.25, 0.3) is 0 Å². The van der Waals surface area contributed by atoms with Crippen molar-refractivity contribution in [2.24, 2.45) is 0 Å². The van der Waals surface area contributed by atoms with Gasteiger partial charge in [-0.1, -0.05) is 23.7 Å². The summed E-state index contributed by atoms with van der Waals surface area (Å²) in [5, 5.41) is 19.5. The zero-order valence-corrected chi connectivity index (χ0v) is 15.4. The second-order valence-electron chi connectivity index (χ2n) is 6.17. The highest BCUT2D eigenvalue weighted by Gasteiger charge is 2.19. The molecule has 132 valence electrons. The highest BCUT2D eigenvalue weighted by atomic mass is 35.5. The van der Waals surface area contributed by atoms with E-state index in [9.17, 15) is 10.4 Å². The van der Waals surface area contributed by atoms with Crippen LogP contribution < -0.4 is 5.73 Å². The lowest BCUT2D eigenvalue weighted by Crippen LogP contribution is -2.06. The fourth-order valence-corrected chi connectivity index (χ4v) is 3.32. The third-order valence-electron chi connectivity index (χ3n) is 4.58. The van der Waals surface area contributed by atoms with Crippen LogP contribution in [0, 0.1) is 25.2 Å². The number of halogens is 1. The number of hydrogen-bond acceptors (Lipinski definition) is 4. The number of nitrogens with two attached hydrogens (primary N) is 1. The summed E-state index contributed by atoms with van der Waals surface area (Å²) in [4.78, 5) is 4.35. The lowest BCUT2D eigenvalue weighted by Gasteiger charge is -2.11. The predicted octanol–water partition coefficient (Wildman–Crippen LogP) is 3.81. The molecule has 0 saturated carbocycles. The number of aromatic nitrogens is 2. The molecule has 6 heteroatoms. The molecule has 0 aliphatic carbocycles. The maximum Gasteiger partial charge on any atom is 0.102 e. The number of hydrogen-bond donors (Lipinski definition) is 2. The van der Waals surface area contributed by atoms with Crippen molar-refractivity contribution in [3.8, 4) is 17.2 Å². The molecular weight excluding hydrogens is 348 g/mol. The maximum absolute atomic E-state index is 9.68. The van der Waals surface area contributed by atoms with Crippen molar-refractivity contribution in [1.29, 1.82) is 5.26 Å². The molecule has 0 bridgehead atoms. The molecule has 5 nitrogen and oxygen atoms in total. The van der Waals surface area contributed by atoms with Crippen LogP contribution in [0.2, 0.25) is 5.02 Å². The Morgan fingerprint density at radius 2 is 1.92 bits per heavy atom. The van der Waals surface area contributed by atoms with Crippen molar-refractivity contribution in [1.82, 2.24) is 9.55 Å². The van der Waals surface area contributed by atoms with Crippen molar-refractivity contribution in [3.63, 3.8) is 0 Å². The Morgan fingerprint density at radius 1 is 1.23 bits per heavy atom. The Morgan fingerprint density at radius 3 is 2.54 bits per heavy atom. The Kier molecular flexibility index (Phi) is 4.99. The molecule has 0 saturated heterocycles. The van der Waals surface area contributed by atoms with Crippen molar-refractivity contribution in [2.45, 2.75) is 27.0 Å². The molecule has 3 aromatic rings. The van der Waals surface area contributed by atoms with E-state index in [-0.39, 0.29) is 6.61 Å². The first-order chi connectivity index (χ1) is 12.5. The van der Waals surface area contributed by atoms with Crippen molar-refractivity contribution in [2.75, 3.05) is 5.73 Å². The number of pyridine rings is 1. The third-order valence-corrected chi connectivity index (χ3v) is 4.92. The molecule has 26 heavy (non-hydrogen) atoms. The van der Waals surface area contributed by atoms with Crippen LogP contribution in [0.25, 0.3) is 11.1 Å². The van der Waals surface area contributed by atoms with E-state index in [4.69, 9.17) is 17.3 Å². The Balaban J connectivity index is 2.09. The fraction of sp³-hybridized carbons (Fsp3) is 0.200. The summed E-state index contributed by atoms with van der Waals surface area (Å²) in [5.74, 6) is 0. The summed E-state index contributed by atoms with van der Waals surface area (Å²) in [6, 6.07) is 11.6. The molecule has 3 rings (SSSR count). The molecule has 0 aliphatic rings. The van der Waals surface area contributed by atoms with E-state index >= 15 is 0 Å². The highest BCUT2D eigenvalue weighted by Crippen LogP contribution is 2.33. The second kappa shape index (κ2) is 7.20. The summed E-state index contributed by atoms with van der Waals surface area (Å²) in [5.41, 5.74) is 12.2. The minimum absolute atomic E-state index is 0.141. The van der Waals surface area contributed by atoms with Crippen LogP contribution in [0.15, 0.2) is 36.5 Å². The van der Waals surface area contributed by atoms with Gasteiger partial charge in [-0.25, -0.2) is 0 Å². The topological polar surface area (TPSA) is 87.9 Å². The minimum atomic E-state index is -0.141. The van der Waals surface area contributed by atoms with Crippen LogP contribution in [-0.2, 0) is 13.2 Å². The van der Waals surface area contributed by atoms with E-state index in [2.05, 4.69) is 15.6 Å². The number of nitrogens with zero attached hydrogens (tertiary/aromatic N) is 3. The molecule has 2 aromatic heterocycles. The first-order valence-corrected chi connectivity index (χ1v) is 8.54. The van der Waals surface area contributed by atoms with Crippen molar-refractivity contribution >= 4 is 17.3 Å². The Labute approximate surface area is 157 Å². The van der Waals surface area contributed by atoms with Gasteiger partial charge in [0, 0.05) is 28.8 Å². The van der Waals surface area contributed by atoms with Gasteiger partial charge < -0.3 is 15.4 Å². The van der Waals surface area contributed by atoms with E-state index in [1.807, 2.05) is 38.1 Å². The van der Waals surface area contributed by atoms with Gasteiger partial charge in [0.2, 0.25) is 0 Å². The van der Waals surface area contributed by atoms with Crippen LogP contribution in [0.5, 0.6) is 0 Å². The molecule has 2 heterocycles. The van der Waals surface area contributed by atoms with Crippen LogP contribution >= 0.6 is 11.6 Å². The maximum atomic E-state index is 9.68. The van der Waals surface area contributed by atoms with Crippen LogP contribution in [0.3, 0.4) is 0 Å². The molecule has 0 spiro atoms. The van der Waals surface area contributed by atoms with Crippen molar-refractivity contribution < 1.29 is 5.11 Å². The highest BCUT2D eigenvalue weighted by molar-refractivity contribution is 6.31. The number of anilines is 1. The summed E-state index contributed by atoms with van der Waals surface area (Å²) in [7, 11) is 0. The van der Waals surface area contributed by atoms with Crippen molar-refractivity contribution in [3.05, 3.63) is 69.8 Å². The average molecular weight is 367 g/mol. The second-order valence-corrected chi connectivity index (χ2v) is 6.57. The van der Waals surface area contributed by atoms with E-state index in [1.54, 1.807) is 12.3 Å². The largest absolute Gasteiger partial charge is 0.399 e. The third kappa shape index (κ3) is 3.17. The quantitative estimate of drug-likeness (QED) is 0.687. The summed E-state index contributed by atoms with van der Waals surface area (Å²) in [6.45, 7) is 4.27. The van der Waals surface area contributed by atoms with E-state index in [0.717, 1.165) is 28.2 Å². The first-order valence-electron chi connectivity index (χ1n) is 8.16. The smallest absolute Gasteiger partial charge is 0.102 e. The number of nitriles is 1. The molecule has 0 atom stereocenters. The average Bonchev–Trinajstić information content (AvgIpc) is 2.88. The summed E-state index contributed by atoms with van der Waals surface area (Å²) in [6.07, 6.45) is 1.54. The molecule has 0 aliphatic heterocycles. The predicted molar refractivity (Wildman–Crippen MR) is 103 cm³/mol. The van der Waals surface area contributed by atoms with Gasteiger partial charge in [-0.3, -0.25) is 4.98 Å². The van der Waals surface area contributed by atoms with Gasteiger partial charge in [0.15, 0.2) is 0 Å². The van der Waals surface area contributed by atoms with E-state index in [1.165, 1.54) is 0 Å². The van der Waals surface area contributed by atoms with Crippen LogP contribution in [0.4, 0.5) is 5.69 Å². The number of aliphatic hydroxyl groups excluding tert-OH is 1. The van der Waals surface area contributed by atoms with Crippen LogP contribution in [0.1, 0.15) is 28.2 Å². The normalized spacial score (nSPS) is 10.7. The Bertz CT molecular complexity index is 1000. The van der Waals surface area contributed by atoms with E-state index < -0.39 is 0 Å². The number of nitrogen functional groups attached to an aromatic ring is 1.